The number of amides is 2. The molecule has 2 atom stereocenters. The molecule has 2 aliphatic heterocycles. The molecular formula is C34H47N3O5. The summed E-state index contributed by atoms with van der Waals surface area (Å²) in [6.45, 7) is 7.70. The third-order valence-corrected chi connectivity index (χ3v) is 8.94. The summed E-state index contributed by atoms with van der Waals surface area (Å²) in [6, 6.07) is 17.0. The number of likely N-dealkylation sites (N-methyl/N-ethyl adjacent to an activating group) is 1. The Hall–Kier alpha value is -3.10. The lowest BCUT2D eigenvalue weighted by Crippen LogP contribution is -2.56. The van der Waals surface area contributed by atoms with E-state index in [9.17, 15) is 9.59 Å². The van der Waals surface area contributed by atoms with Crippen LogP contribution in [0.15, 0.2) is 48.5 Å². The number of likely N-dealkylation sites (tertiary alicyclic amines) is 1. The number of rotatable bonds is 10. The van der Waals surface area contributed by atoms with Crippen LogP contribution < -0.4 is 10.1 Å². The molecule has 2 aromatic rings. The van der Waals surface area contributed by atoms with Crippen molar-refractivity contribution in [3.63, 3.8) is 0 Å². The van der Waals surface area contributed by atoms with E-state index in [0.717, 1.165) is 48.3 Å². The van der Waals surface area contributed by atoms with E-state index in [1.54, 1.807) is 12.0 Å². The lowest BCUT2D eigenvalue weighted by atomic mass is 9.69. The molecule has 3 aliphatic rings. The molecule has 2 amide bonds. The van der Waals surface area contributed by atoms with Crippen molar-refractivity contribution in [1.82, 2.24) is 15.1 Å². The van der Waals surface area contributed by atoms with Crippen molar-refractivity contribution in [3.05, 3.63) is 59.7 Å². The summed E-state index contributed by atoms with van der Waals surface area (Å²) in [5.41, 5.74) is 1.14. The number of carbonyl (C=O) groups is 2. The molecule has 0 aromatic heterocycles. The molecule has 1 aliphatic carbocycles. The van der Waals surface area contributed by atoms with E-state index in [2.05, 4.69) is 29.4 Å². The van der Waals surface area contributed by atoms with Crippen molar-refractivity contribution in [1.29, 1.82) is 0 Å². The zero-order chi connectivity index (χ0) is 29.9. The number of fused-ring (bicyclic) bond motifs is 2. The molecule has 2 heterocycles. The van der Waals surface area contributed by atoms with Gasteiger partial charge in [-0.1, -0.05) is 36.4 Å². The average Bonchev–Trinajstić information content (AvgIpc) is 3.82. The quantitative estimate of drug-likeness (QED) is 0.363. The van der Waals surface area contributed by atoms with Crippen molar-refractivity contribution >= 4 is 12.0 Å². The normalized spacial score (nSPS) is 21.2. The predicted molar refractivity (Wildman–Crippen MR) is 163 cm³/mol. The summed E-state index contributed by atoms with van der Waals surface area (Å²) >= 11 is 0. The van der Waals surface area contributed by atoms with Gasteiger partial charge in [0.25, 0.3) is 0 Å². The fraction of sp³-hybridized carbons (Fsp3) is 0.588. The minimum absolute atomic E-state index is 0.0184. The fourth-order valence-electron chi connectivity index (χ4n) is 6.58. The van der Waals surface area contributed by atoms with Crippen LogP contribution in [0.1, 0.15) is 70.4 Å². The molecule has 8 heteroatoms. The molecule has 1 N–H and O–H groups in total. The van der Waals surface area contributed by atoms with E-state index < -0.39 is 11.0 Å². The highest BCUT2D eigenvalue weighted by molar-refractivity contribution is 5.80. The maximum absolute atomic E-state index is 14.0. The highest BCUT2D eigenvalue weighted by Gasteiger charge is 2.44. The lowest BCUT2D eigenvalue weighted by Gasteiger charge is -2.43. The van der Waals surface area contributed by atoms with Gasteiger partial charge in [-0.3, -0.25) is 9.69 Å². The SMILES string of the molecule is COCCCCC1(CNC(=O)[C@H]2C[C@@H](N(C)C3CC3)CN(C(=O)OC(C)(C)C)C2)c2ccccc2Oc2ccccc21. The third-order valence-electron chi connectivity index (χ3n) is 8.94. The van der Waals surface area contributed by atoms with Crippen molar-refractivity contribution in [2.24, 2.45) is 5.92 Å². The first-order valence-corrected chi connectivity index (χ1v) is 15.4. The lowest BCUT2D eigenvalue weighted by molar-refractivity contribution is -0.127. The van der Waals surface area contributed by atoms with Crippen LogP contribution in [0, 0.1) is 5.92 Å². The molecule has 5 rings (SSSR count). The van der Waals surface area contributed by atoms with E-state index >= 15 is 0 Å². The van der Waals surface area contributed by atoms with Crippen LogP contribution in [0.4, 0.5) is 4.79 Å². The summed E-state index contributed by atoms with van der Waals surface area (Å²) in [7, 11) is 3.86. The number of nitrogens with one attached hydrogen (secondary N) is 1. The molecular weight excluding hydrogens is 530 g/mol. The van der Waals surface area contributed by atoms with E-state index in [4.69, 9.17) is 14.2 Å². The van der Waals surface area contributed by atoms with Gasteiger partial charge in [-0.2, -0.15) is 0 Å². The van der Waals surface area contributed by atoms with Crippen molar-refractivity contribution in [2.45, 2.75) is 82.4 Å². The Balaban J connectivity index is 1.40. The van der Waals surface area contributed by atoms with E-state index in [1.807, 2.05) is 57.2 Å². The van der Waals surface area contributed by atoms with E-state index in [0.29, 0.717) is 32.3 Å². The van der Waals surface area contributed by atoms with Crippen molar-refractivity contribution < 1.29 is 23.8 Å². The Morgan fingerprint density at radius 1 is 1.00 bits per heavy atom. The molecule has 0 radical (unpaired) electrons. The third kappa shape index (κ3) is 6.76. The van der Waals surface area contributed by atoms with Crippen LogP contribution in [0.25, 0.3) is 0 Å². The first kappa shape index (κ1) is 30.4. The first-order valence-electron chi connectivity index (χ1n) is 15.4. The van der Waals surface area contributed by atoms with Gasteiger partial charge in [0, 0.05) is 62.0 Å². The van der Waals surface area contributed by atoms with Crippen LogP contribution in [0.5, 0.6) is 11.5 Å². The van der Waals surface area contributed by atoms with Gasteiger partial charge in [-0.05, 0) is 78.5 Å². The van der Waals surface area contributed by atoms with Gasteiger partial charge in [-0.25, -0.2) is 4.79 Å². The van der Waals surface area contributed by atoms with Gasteiger partial charge < -0.3 is 24.4 Å². The first-order chi connectivity index (χ1) is 20.1. The number of nitrogens with zero attached hydrogens (tertiary/aromatic N) is 2. The number of piperidine rings is 1. The number of ether oxygens (including phenoxy) is 3. The summed E-state index contributed by atoms with van der Waals surface area (Å²) in [5.74, 6) is 1.32. The van der Waals surface area contributed by atoms with Crippen LogP contribution in [0.3, 0.4) is 0 Å². The molecule has 0 spiro atoms. The molecule has 42 heavy (non-hydrogen) atoms. The van der Waals surface area contributed by atoms with Crippen molar-refractivity contribution in [3.8, 4) is 11.5 Å². The van der Waals surface area contributed by atoms with Crippen molar-refractivity contribution in [2.75, 3.05) is 40.4 Å². The second-order valence-corrected chi connectivity index (χ2v) is 13.2. The predicted octanol–water partition coefficient (Wildman–Crippen LogP) is 5.73. The van der Waals surface area contributed by atoms with E-state index in [1.165, 1.54) is 12.8 Å². The summed E-state index contributed by atoms with van der Waals surface area (Å²) in [4.78, 5) is 31.3. The highest BCUT2D eigenvalue weighted by Crippen LogP contribution is 2.50. The topological polar surface area (TPSA) is 80.3 Å². The smallest absolute Gasteiger partial charge is 0.410 e. The van der Waals surface area contributed by atoms with Gasteiger partial charge in [0.05, 0.1) is 5.92 Å². The molecule has 0 unspecified atom stereocenters. The highest BCUT2D eigenvalue weighted by atomic mass is 16.6. The molecule has 2 aromatic carbocycles. The average molecular weight is 578 g/mol. The molecule has 1 saturated heterocycles. The largest absolute Gasteiger partial charge is 0.457 e. The molecule has 228 valence electrons. The number of hydrogen-bond donors (Lipinski definition) is 1. The number of benzene rings is 2. The maximum Gasteiger partial charge on any atom is 0.410 e. The number of hydrogen-bond acceptors (Lipinski definition) is 6. The van der Waals surface area contributed by atoms with Gasteiger partial charge in [0.1, 0.15) is 17.1 Å². The summed E-state index contributed by atoms with van der Waals surface area (Å²) < 4.78 is 17.4. The second-order valence-electron chi connectivity index (χ2n) is 13.2. The summed E-state index contributed by atoms with van der Waals surface area (Å²) in [5, 5.41) is 3.37. The van der Waals surface area contributed by atoms with Crippen LogP contribution in [0.2, 0.25) is 0 Å². The number of unbranched alkanes of at least 4 members (excludes halogenated alkanes) is 1. The zero-order valence-electron chi connectivity index (χ0n) is 25.9. The minimum atomic E-state index is -0.594. The minimum Gasteiger partial charge on any atom is -0.457 e. The zero-order valence-corrected chi connectivity index (χ0v) is 25.9. The van der Waals surface area contributed by atoms with E-state index in [-0.39, 0.29) is 24.0 Å². The Labute approximate surface area is 250 Å². The molecule has 8 nitrogen and oxygen atoms in total. The standard InChI is InChI=1S/C34H47N3O5/c1-33(2,3)42-32(39)37-21-24(20-26(22-37)36(4)25-16-17-25)31(38)35-23-34(18-10-11-19-40-5)27-12-6-8-14-29(27)41-30-15-9-7-13-28(30)34/h6-9,12-15,24-26H,10-11,16-23H2,1-5H3,(H,35,38)/t24-,26+/m0/s1. The number of carbonyl (C=O) groups excluding carboxylic acids is 2. The number of para-hydroxylation sites is 2. The fourth-order valence-corrected chi connectivity index (χ4v) is 6.58. The van der Waals surface area contributed by atoms with Crippen LogP contribution in [-0.4, -0.2) is 79.9 Å². The van der Waals surface area contributed by atoms with Gasteiger partial charge in [0.15, 0.2) is 0 Å². The molecule has 1 saturated carbocycles. The van der Waals surface area contributed by atoms with Gasteiger partial charge in [-0.15, -0.1) is 0 Å². The van der Waals surface area contributed by atoms with Crippen LogP contribution >= 0.6 is 0 Å². The Kier molecular flexibility index (Phi) is 9.14. The Bertz CT molecular complexity index is 1210. The van der Waals surface area contributed by atoms with Gasteiger partial charge in [0.2, 0.25) is 5.91 Å². The molecule has 0 bridgehead atoms. The maximum atomic E-state index is 14.0. The second kappa shape index (κ2) is 12.6. The Morgan fingerprint density at radius 3 is 2.24 bits per heavy atom. The molecule has 2 fully saturated rings. The number of methoxy groups -OCH3 is 1. The van der Waals surface area contributed by atoms with Crippen LogP contribution in [-0.2, 0) is 19.7 Å². The van der Waals surface area contributed by atoms with Gasteiger partial charge >= 0.3 is 6.09 Å². The Morgan fingerprint density at radius 2 is 1.64 bits per heavy atom. The summed E-state index contributed by atoms with van der Waals surface area (Å²) in [6.07, 6.45) is 5.42. The monoisotopic (exact) mass is 577 g/mol.